The molecular formula is C21H27N3O2. The smallest absolute Gasteiger partial charge is 0.159 e. The Morgan fingerprint density at radius 2 is 1.81 bits per heavy atom. The summed E-state index contributed by atoms with van der Waals surface area (Å²) in [5, 5.41) is 20.5. The molecule has 2 aliphatic carbocycles. The predicted molar refractivity (Wildman–Crippen MR) is 103 cm³/mol. The van der Waals surface area contributed by atoms with E-state index in [-0.39, 0.29) is 11.5 Å². The van der Waals surface area contributed by atoms with Crippen molar-refractivity contribution in [3.05, 3.63) is 23.4 Å². The normalized spacial score (nSPS) is 26.8. The molecule has 1 aliphatic heterocycles. The van der Waals surface area contributed by atoms with E-state index >= 15 is 0 Å². The van der Waals surface area contributed by atoms with Gasteiger partial charge in [0.2, 0.25) is 0 Å². The maximum absolute atomic E-state index is 9.94. The number of hydrogen-bond acceptors (Lipinski definition) is 5. The predicted octanol–water partition coefficient (Wildman–Crippen LogP) is 3.67. The van der Waals surface area contributed by atoms with E-state index in [2.05, 4.69) is 4.90 Å². The van der Waals surface area contributed by atoms with Crippen molar-refractivity contribution < 1.29 is 10.2 Å². The molecule has 2 unspecified atom stereocenters. The third-order valence-corrected chi connectivity index (χ3v) is 6.61. The summed E-state index contributed by atoms with van der Waals surface area (Å²) < 4.78 is 0. The van der Waals surface area contributed by atoms with Crippen LogP contribution in [0.4, 0.5) is 5.69 Å². The fourth-order valence-corrected chi connectivity index (χ4v) is 5.27. The second-order valence-corrected chi connectivity index (χ2v) is 8.27. The summed E-state index contributed by atoms with van der Waals surface area (Å²) in [6, 6.07) is 4.45. The molecule has 138 valence electrons. The molecule has 5 rings (SSSR count). The zero-order valence-corrected chi connectivity index (χ0v) is 15.1. The summed E-state index contributed by atoms with van der Waals surface area (Å²) in [7, 11) is 0. The van der Waals surface area contributed by atoms with Crippen LogP contribution in [0.25, 0.3) is 10.9 Å². The van der Waals surface area contributed by atoms with E-state index in [0.29, 0.717) is 17.5 Å². The Hall–Kier alpha value is -2.01. The Bertz CT molecular complexity index is 862. The van der Waals surface area contributed by atoms with Crippen molar-refractivity contribution in [1.29, 1.82) is 0 Å². The van der Waals surface area contributed by atoms with Crippen molar-refractivity contribution in [1.82, 2.24) is 9.88 Å². The molecule has 2 aromatic rings. The van der Waals surface area contributed by atoms with Gasteiger partial charge in [0.25, 0.3) is 0 Å². The first-order valence-electron chi connectivity index (χ1n) is 10.0. The number of nitrogens with two attached hydrogens (primary N) is 1. The highest BCUT2D eigenvalue weighted by molar-refractivity contribution is 5.94. The third kappa shape index (κ3) is 2.52. The fourth-order valence-electron chi connectivity index (χ4n) is 5.27. The summed E-state index contributed by atoms with van der Waals surface area (Å²) in [5.41, 5.74) is 10.4. The number of piperidine rings is 1. The summed E-state index contributed by atoms with van der Waals surface area (Å²) in [4.78, 5) is 7.59. The topological polar surface area (TPSA) is 82.6 Å². The summed E-state index contributed by atoms with van der Waals surface area (Å²) in [6.07, 6.45) is 9.81. The molecule has 2 atom stereocenters. The quantitative estimate of drug-likeness (QED) is 0.718. The highest BCUT2D eigenvalue weighted by Gasteiger charge is 2.41. The first-order chi connectivity index (χ1) is 12.6. The number of likely N-dealkylation sites (tertiary alicyclic amines) is 1. The van der Waals surface area contributed by atoms with Gasteiger partial charge in [-0.1, -0.05) is 6.42 Å². The van der Waals surface area contributed by atoms with Gasteiger partial charge in [-0.2, -0.15) is 0 Å². The van der Waals surface area contributed by atoms with E-state index in [1.54, 1.807) is 6.07 Å². The number of hydrogen-bond donors (Lipinski definition) is 3. The number of phenols is 2. The number of nitrogen functional groups attached to an aromatic ring is 1. The zero-order valence-electron chi connectivity index (χ0n) is 15.1. The lowest BCUT2D eigenvalue weighted by Gasteiger charge is -2.43. The minimum atomic E-state index is -0.135. The van der Waals surface area contributed by atoms with Crippen LogP contribution in [0.15, 0.2) is 12.1 Å². The number of fused-ring (bicyclic) bond motifs is 2. The lowest BCUT2D eigenvalue weighted by molar-refractivity contribution is 0.111. The van der Waals surface area contributed by atoms with Gasteiger partial charge in [-0.25, -0.2) is 0 Å². The van der Waals surface area contributed by atoms with Gasteiger partial charge in [0.05, 0.1) is 5.52 Å². The van der Waals surface area contributed by atoms with E-state index in [9.17, 15) is 10.2 Å². The van der Waals surface area contributed by atoms with Gasteiger partial charge in [-0.15, -0.1) is 0 Å². The first-order valence-corrected chi connectivity index (χ1v) is 10.0. The summed E-state index contributed by atoms with van der Waals surface area (Å²) >= 11 is 0. The fraction of sp³-hybridized carbons (Fsp3) is 0.571. The van der Waals surface area contributed by atoms with Gasteiger partial charge in [0.1, 0.15) is 0 Å². The van der Waals surface area contributed by atoms with Crippen molar-refractivity contribution in [3.63, 3.8) is 0 Å². The van der Waals surface area contributed by atoms with Gasteiger partial charge < -0.3 is 15.9 Å². The second-order valence-electron chi connectivity index (χ2n) is 8.27. The molecular weight excluding hydrogens is 326 g/mol. The van der Waals surface area contributed by atoms with E-state index in [1.165, 1.54) is 56.7 Å². The van der Waals surface area contributed by atoms with Crippen LogP contribution >= 0.6 is 0 Å². The molecule has 26 heavy (non-hydrogen) atoms. The minimum Gasteiger partial charge on any atom is -0.504 e. The Morgan fingerprint density at radius 1 is 1.00 bits per heavy atom. The zero-order chi connectivity index (χ0) is 17.8. The molecule has 5 nitrogen and oxygen atoms in total. The number of rotatable bonds is 2. The molecule has 0 spiro atoms. The Balaban J connectivity index is 1.63. The molecule has 2 fully saturated rings. The lowest BCUT2D eigenvalue weighted by Crippen LogP contribution is -2.45. The first kappa shape index (κ1) is 16.2. The van der Waals surface area contributed by atoms with E-state index in [0.717, 1.165) is 35.7 Å². The van der Waals surface area contributed by atoms with Crippen LogP contribution in [-0.4, -0.2) is 38.7 Å². The van der Waals surface area contributed by atoms with Gasteiger partial charge in [-0.3, -0.25) is 9.88 Å². The molecule has 1 aromatic heterocycles. The van der Waals surface area contributed by atoms with Crippen LogP contribution in [0.1, 0.15) is 62.1 Å². The molecule has 0 radical (unpaired) electrons. The van der Waals surface area contributed by atoms with Crippen molar-refractivity contribution in [2.24, 2.45) is 0 Å². The van der Waals surface area contributed by atoms with Crippen LogP contribution in [-0.2, 0) is 6.42 Å². The Morgan fingerprint density at radius 3 is 2.62 bits per heavy atom. The summed E-state index contributed by atoms with van der Waals surface area (Å²) in [5.74, 6) is 0.173. The SMILES string of the molecule is Nc1c2c(nc3cc(O)c(O)cc13)CCCC2C1CCCCN1C1CC1. The minimum absolute atomic E-state index is 0.129. The number of benzene rings is 1. The van der Waals surface area contributed by atoms with E-state index in [1.807, 2.05) is 0 Å². The second kappa shape index (κ2) is 6.02. The molecule has 0 bridgehead atoms. The monoisotopic (exact) mass is 353 g/mol. The van der Waals surface area contributed by atoms with Crippen LogP contribution in [0, 0.1) is 0 Å². The highest BCUT2D eigenvalue weighted by Crippen LogP contribution is 2.46. The molecule has 0 amide bonds. The van der Waals surface area contributed by atoms with Crippen LogP contribution in [0.3, 0.4) is 0 Å². The number of aromatic nitrogens is 1. The third-order valence-electron chi connectivity index (χ3n) is 6.61. The molecule has 1 saturated carbocycles. The largest absolute Gasteiger partial charge is 0.504 e. The Kier molecular flexibility index (Phi) is 3.74. The average Bonchev–Trinajstić information content (AvgIpc) is 3.48. The molecule has 4 N–H and O–H groups in total. The van der Waals surface area contributed by atoms with Crippen molar-refractivity contribution in [3.8, 4) is 11.5 Å². The number of phenolic OH excluding ortho intramolecular Hbond substituents is 2. The van der Waals surface area contributed by atoms with Gasteiger partial charge >= 0.3 is 0 Å². The molecule has 1 aromatic carbocycles. The van der Waals surface area contributed by atoms with Crippen molar-refractivity contribution in [2.75, 3.05) is 12.3 Å². The van der Waals surface area contributed by atoms with E-state index in [4.69, 9.17) is 10.7 Å². The van der Waals surface area contributed by atoms with Crippen molar-refractivity contribution >= 4 is 16.6 Å². The van der Waals surface area contributed by atoms with Crippen LogP contribution < -0.4 is 5.73 Å². The van der Waals surface area contributed by atoms with E-state index < -0.39 is 0 Å². The molecule has 2 heterocycles. The van der Waals surface area contributed by atoms with Gasteiger partial charge in [-0.05, 0) is 57.6 Å². The number of anilines is 1. The van der Waals surface area contributed by atoms with Crippen LogP contribution in [0.5, 0.6) is 11.5 Å². The molecule has 3 aliphatic rings. The number of nitrogens with zero attached hydrogens (tertiary/aromatic N) is 2. The van der Waals surface area contributed by atoms with Gasteiger partial charge in [0, 0.05) is 46.4 Å². The molecule has 5 heteroatoms. The Labute approximate surface area is 153 Å². The number of aromatic hydroxyl groups is 2. The standard InChI is InChI=1S/C21H27N3O2/c22-21-14-10-18(25)19(26)11-16(14)23-15-5-3-4-13(20(15)21)17-6-1-2-9-24(17)12-7-8-12/h10-13,17,25-26H,1-9H2,(H2,22,23). The number of pyridine rings is 1. The summed E-state index contributed by atoms with van der Waals surface area (Å²) in [6.45, 7) is 1.22. The maximum Gasteiger partial charge on any atom is 0.159 e. The number of aryl methyl sites for hydroxylation is 1. The molecule has 1 saturated heterocycles. The van der Waals surface area contributed by atoms with Crippen LogP contribution in [0.2, 0.25) is 0 Å². The van der Waals surface area contributed by atoms with Crippen molar-refractivity contribution in [2.45, 2.75) is 69.4 Å². The highest BCUT2D eigenvalue weighted by atomic mass is 16.3. The average molecular weight is 353 g/mol. The lowest BCUT2D eigenvalue weighted by atomic mass is 9.76. The van der Waals surface area contributed by atoms with Gasteiger partial charge in [0.15, 0.2) is 11.5 Å². The maximum atomic E-state index is 9.94.